The number of nitrogens with zero attached hydrogens (tertiary/aromatic N) is 2. The van der Waals surface area contributed by atoms with Crippen molar-refractivity contribution >= 4 is 34.6 Å². The number of anilines is 1. The van der Waals surface area contributed by atoms with Crippen LogP contribution in [-0.2, 0) is 9.59 Å². The number of hydrogen-bond donors (Lipinski definition) is 1. The fraction of sp³-hybridized carbons (Fsp3) is 0.235. The maximum Gasteiger partial charge on any atom is 0.240 e. The third-order valence-electron chi connectivity index (χ3n) is 3.67. The molecule has 1 aromatic carbocycles. The van der Waals surface area contributed by atoms with Crippen LogP contribution in [0.1, 0.15) is 36.8 Å². The van der Waals surface area contributed by atoms with Crippen LogP contribution >= 0.6 is 11.3 Å². The lowest BCUT2D eigenvalue weighted by Crippen LogP contribution is -2.25. The highest BCUT2D eigenvalue weighted by Gasteiger charge is 2.33. The van der Waals surface area contributed by atoms with E-state index in [1.807, 2.05) is 41.8 Å². The summed E-state index contributed by atoms with van der Waals surface area (Å²) >= 11 is 1.61. The third kappa shape index (κ3) is 3.17. The molecule has 2 aromatic rings. The number of carbonyl (C=O) groups excluding carboxylic acids is 2. The summed E-state index contributed by atoms with van der Waals surface area (Å²) in [6, 6.07) is 11.3. The molecular weight excluding hydrogens is 310 g/mol. The third-order valence-corrected chi connectivity index (χ3v) is 4.59. The highest BCUT2D eigenvalue weighted by atomic mass is 32.1. The SMILES string of the molecule is CC(=O)Nc1ccccc1C1CC(c2cccs2)=NN1C(C)=O. The van der Waals surface area contributed by atoms with Crippen LogP contribution in [0.5, 0.6) is 0 Å². The molecule has 3 rings (SSSR count). The number of thiophene rings is 1. The molecule has 23 heavy (non-hydrogen) atoms. The van der Waals surface area contributed by atoms with Gasteiger partial charge in [-0.05, 0) is 17.5 Å². The first kappa shape index (κ1) is 15.4. The van der Waals surface area contributed by atoms with E-state index < -0.39 is 0 Å². The van der Waals surface area contributed by atoms with Crippen LogP contribution in [0.4, 0.5) is 5.69 Å². The topological polar surface area (TPSA) is 61.8 Å². The van der Waals surface area contributed by atoms with Gasteiger partial charge in [0.05, 0.1) is 16.6 Å². The van der Waals surface area contributed by atoms with Gasteiger partial charge < -0.3 is 5.32 Å². The van der Waals surface area contributed by atoms with Crippen molar-refractivity contribution in [2.45, 2.75) is 26.3 Å². The Bertz CT molecular complexity index is 768. The Morgan fingerprint density at radius 3 is 2.65 bits per heavy atom. The van der Waals surface area contributed by atoms with Crippen LogP contribution in [0.25, 0.3) is 0 Å². The average Bonchev–Trinajstić information content (AvgIpc) is 3.16. The number of para-hydroxylation sites is 1. The molecule has 1 aromatic heterocycles. The Balaban J connectivity index is 1.97. The predicted molar refractivity (Wildman–Crippen MR) is 91.5 cm³/mol. The molecule has 0 aliphatic carbocycles. The molecule has 1 aliphatic rings. The summed E-state index contributed by atoms with van der Waals surface area (Å²) in [5.74, 6) is -0.247. The molecule has 1 atom stereocenters. The van der Waals surface area contributed by atoms with E-state index in [1.54, 1.807) is 11.3 Å². The highest BCUT2D eigenvalue weighted by molar-refractivity contribution is 7.12. The van der Waals surface area contributed by atoms with E-state index in [0.29, 0.717) is 6.42 Å². The van der Waals surface area contributed by atoms with Crippen molar-refractivity contribution in [3.63, 3.8) is 0 Å². The van der Waals surface area contributed by atoms with Crippen molar-refractivity contribution in [3.8, 4) is 0 Å². The second kappa shape index (κ2) is 6.34. The molecule has 0 fully saturated rings. The van der Waals surface area contributed by atoms with Crippen molar-refractivity contribution in [1.82, 2.24) is 5.01 Å². The number of rotatable bonds is 3. The Morgan fingerprint density at radius 1 is 1.22 bits per heavy atom. The van der Waals surface area contributed by atoms with Gasteiger partial charge in [-0.3, -0.25) is 9.59 Å². The minimum absolute atomic E-state index is 0.112. The van der Waals surface area contributed by atoms with E-state index in [2.05, 4.69) is 10.4 Å². The normalized spacial score (nSPS) is 17.0. The first-order valence-corrected chi connectivity index (χ1v) is 8.22. The number of carbonyl (C=O) groups is 2. The van der Waals surface area contributed by atoms with Crippen LogP contribution in [0.15, 0.2) is 46.9 Å². The van der Waals surface area contributed by atoms with Gasteiger partial charge in [0.15, 0.2) is 0 Å². The molecule has 2 amide bonds. The van der Waals surface area contributed by atoms with Gasteiger partial charge in [0.2, 0.25) is 11.8 Å². The lowest BCUT2D eigenvalue weighted by molar-refractivity contribution is -0.130. The molecule has 2 heterocycles. The van der Waals surface area contributed by atoms with Crippen molar-refractivity contribution in [3.05, 3.63) is 52.2 Å². The molecule has 5 nitrogen and oxygen atoms in total. The lowest BCUT2D eigenvalue weighted by atomic mass is 9.99. The average molecular weight is 327 g/mol. The molecule has 118 valence electrons. The zero-order chi connectivity index (χ0) is 16.4. The molecular formula is C17H17N3O2S. The molecule has 1 aliphatic heterocycles. The summed E-state index contributed by atoms with van der Waals surface area (Å²) in [7, 11) is 0. The Hall–Kier alpha value is -2.47. The minimum atomic E-state index is -0.201. The van der Waals surface area contributed by atoms with Crippen LogP contribution in [0, 0.1) is 0 Å². The first-order chi connectivity index (χ1) is 11.1. The summed E-state index contributed by atoms with van der Waals surface area (Å²) in [6.45, 7) is 2.98. The summed E-state index contributed by atoms with van der Waals surface area (Å²) < 4.78 is 0. The molecule has 0 saturated carbocycles. The molecule has 0 saturated heterocycles. The second-order valence-electron chi connectivity index (χ2n) is 5.38. The number of hydrogen-bond acceptors (Lipinski definition) is 4. The van der Waals surface area contributed by atoms with Gasteiger partial charge in [0.25, 0.3) is 0 Å². The molecule has 6 heteroatoms. The van der Waals surface area contributed by atoms with Gasteiger partial charge in [0, 0.05) is 31.5 Å². The maximum absolute atomic E-state index is 12.0. The standard InChI is InChI=1S/C17H17N3O2S/c1-11(21)18-14-7-4-3-6-13(14)16-10-15(17-8-5-9-23-17)19-20(16)12(2)22/h3-9,16H,10H2,1-2H3,(H,18,21). The van der Waals surface area contributed by atoms with Gasteiger partial charge in [0.1, 0.15) is 0 Å². The van der Waals surface area contributed by atoms with Crippen molar-refractivity contribution in [2.75, 3.05) is 5.32 Å². The Morgan fingerprint density at radius 2 is 2.00 bits per heavy atom. The molecule has 0 spiro atoms. The van der Waals surface area contributed by atoms with E-state index in [4.69, 9.17) is 0 Å². The Kier molecular flexibility index (Phi) is 4.25. The zero-order valence-corrected chi connectivity index (χ0v) is 13.8. The van der Waals surface area contributed by atoms with E-state index in [9.17, 15) is 9.59 Å². The molecule has 1 N–H and O–H groups in total. The summed E-state index contributed by atoms with van der Waals surface area (Å²) in [4.78, 5) is 24.5. The smallest absolute Gasteiger partial charge is 0.240 e. The fourth-order valence-electron chi connectivity index (χ4n) is 2.73. The monoisotopic (exact) mass is 327 g/mol. The number of nitrogens with one attached hydrogen (secondary N) is 1. The zero-order valence-electron chi connectivity index (χ0n) is 12.9. The molecule has 0 bridgehead atoms. The van der Waals surface area contributed by atoms with Gasteiger partial charge >= 0.3 is 0 Å². The largest absolute Gasteiger partial charge is 0.326 e. The van der Waals surface area contributed by atoms with Crippen molar-refractivity contribution in [1.29, 1.82) is 0 Å². The van der Waals surface area contributed by atoms with E-state index in [1.165, 1.54) is 18.9 Å². The van der Waals surface area contributed by atoms with Gasteiger partial charge in [-0.1, -0.05) is 24.3 Å². The van der Waals surface area contributed by atoms with Gasteiger partial charge in [-0.15, -0.1) is 11.3 Å². The van der Waals surface area contributed by atoms with Crippen molar-refractivity contribution < 1.29 is 9.59 Å². The summed E-state index contributed by atoms with van der Waals surface area (Å²) in [5.41, 5.74) is 2.52. The van der Waals surface area contributed by atoms with Gasteiger partial charge in [-0.25, -0.2) is 5.01 Å². The second-order valence-corrected chi connectivity index (χ2v) is 6.32. The van der Waals surface area contributed by atoms with Crippen LogP contribution in [-0.4, -0.2) is 22.5 Å². The van der Waals surface area contributed by atoms with Crippen LogP contribution < -0.4 is 5.32 Å². The lowest BCUT2D eigenvalue weighted by Gasteiger charge is -2.23. The van der Waals surface area contributed by atoms with Gasteiger partial charge in [-0.2, -0.15) is 5.10 Å². The summed E-state index contributed by atoms with van der Waals surface area (Å²) in [6.07, 6.45) is 0.636. The number of hydrazone groups is 1. The summed E-state index contributed by atoms with van der Waals surface area (Å²) in [5, 5.41) is 10.8. The fourth-order valence-corrected chi connectivity index (χ4v) is 3.45. The number of amides is 2. The van der Waals surface area contributed by atoms with E-state index in [0.717, 1.165) is 21.8 Å². The quantitative estimate of drug-likeness (QED) is 0.939. The van der Waals surface area contributed by atoms with Crippen LogP contribution in [0.3, 0.4) is 0 Å². The maximum atomic E-state index is 12.0. The van der Waals surface area contributed by atoms with Crippen LogP contribution in [0.2, 0.25) is 0 Å². The number of benzene rings is 1. The molecule has 1 unspecified atom stereocenters. The minimum Gasteiger partial charge on any atom is -0.326 e. The Labute approximate surface area is 138 Å². The van der Waals surface area contributed by atoms with E-state index in [-0.39, 0.29) is 17.9 Å². The highest BCUT2D eigenvalue weighted by Crippen LogP contribution is 2.37. The van der Waals surface area contributed by atoms with Crippen molar-refractivity contribution in [2.24, 2.45) is 5.10 Å². The molecule has 0 radical (unpaired) electrons. The first-order valence-electron chi connectivity index (χ1n) is 7.34. The van der Waals surface area contributed by atoms with E-state index >= 15 is 0 Å². The predicted octanol–water partition coefficient (Wildman–Crippen LogP) is 3.40.